The molecule has 1 aromatic rings. The Kier molecular flexibility index (Phi) is 2.85. The van der Waals surface area contributed by atoms with E-state index in [1.54, 1.807) is 0 Å². The lowest BCUT2D eigenvalue weighted by molar-refractivity contribution is 0.0695. The smallest absolute Gasteiger partial charge is 0.337 e. The molecule has 1 aliphatic rings. The first-order chi connectivity index (χ1) is 7.66. The van der Waals surface area contributed by atoms with E-state index in [2.05, 4.69) is 10.3 Å². The summed E-state index contributed by atoms with van der Waals surface area (Å²) in [6.07, 6.45) is 4.37. The standard InChI is InChI=1S/C11H12N2O3/c14-10(13-8-2-1-3-8)9-5-4-7(6-12-9)11(15)16/h4-6,8H,1-3H2,(H,13,14)(H,15,16). The predicted octanol–water partition coefficient (Wildman–Crippen LogP) is 1.06. The average Bonchev–Trinajstić information content (AvgIpc) is 2.23. The maximum Gasteiger partial charge on any atom is 0.337 e. The number of aromatic carboxylic acids is 1. The summed E-state index contributed by atoms with van der Waals surface area (Å²) in [4.78, 5) is 26.0. The van der Waals surface area contributed by atoms with Gasteiger partial charge in [-0.25, -0.2) is 4.79 Å². The molecule has 84 valence electrons. The van der Waals surface area contributed by atoms with Crippen molar-refractivity contribution >= 4 is 11.9 Å². The van der Waals surface area contributed by atoms with Crippen molar-refractivity contribution in [3.8, 4) is 0 Å². The number of rotatable bonds is 3. The van der Waals surface area contributed by atoms with E-state index < -0.39 is 5.97 Å². The van der Waals surface area contributed by atoms with Crippen molar-refractivity contribution in [3.05, 3.63) is 29.6 Å². The van der Waals surface area contributed by atoms with Crippen LogP contribution in [0.25, 0.3) is 0 Å². The van der Waals surface area contributed by atoms with Gasteiger partial charge in [-0.15, -0.1) is 0 Å². The van der Waals surface area contributed by atoms with Gasteiger partial charge in [-0.2, -0.15) is 0 Å². The quantitative estimate of drug-likeness (QED) is 0.798. The first-order valence-electron chi connectivity index (χ1n) is 5.17. The number of hydrogen-bond donors (Lipinski definition) is 2. The van der Waals surface area contributed by atoms with Crippen LogP contribution in [0.2, 0.25) is 0 Å². The highest BCUT2D eigenvalue weighted by Crippen LogP contribution is 2.18. The Labute approximate surface area is 92.5 Å². The third kappa shape index (κ3) is 2.18. The molecule has 1 aromatic heterocycles. The van der Waals surface area contributed by atoms with E-state index in [0.717, 1.165) is 19.3 Å². The fourth-order valence-electron chi connectivity index (χ4n) is 1.47. The maximum absolute atomic E-state index is 11.6. The number of carbonyl (C=O) groups excluding carboxylic acids is 1. The molecule has 1 saturated carbocycles. The fourth-order valence-corrected chi connectivity index (χ4v) is 1.47. The highest BCUT2D eigenvalue weighted by atomic mass is 16.4. The average molecular weight is 220 g/mol. The van der Waals surface area contributed by atoms with Gasteiger partial charge in [0.05, 0.1) is 5.56 Å². The second-order valence-electron chi connectivity index (χ2n) is 3.84. The number of carboxylic acids is 1. The number of carboxylic acid groups (broad SMARTS) is 1. The zero-order valence-electron chi connectivity index (χ0n) is 8.64. The lowest BCUT2D eigenvalue weighted by atomic mass is 9.93. The first-order valence-corrected chi connectivity index (χ1v) is 5.17. The molecule has 1 amide bonds. The van der Waals surface area contributed by atoms with Crippen LogP contribution in [0.5, 0.6) is 0 Å². The summed E-state index contributed by atoms with van der Waals surface area (Å²) in [6.45, 7) is 0. The minimum absolute atomic E-state index is 0.0835. The number of hydrogen-bond acceptors (Lipinski definition) is 3. The van der Waals surface area contributed by atoms with E-state index in [1.807, 2.05) is 0 Å². The highest BCUT2D eigenvalue weighted by Gasteiger charge is 2.20. The molecule has 0 atom stereocenters. The van der Waals surface area contributed by atoms with Gasteiger partial charge in [-0.1, -0.05) is 0 Å². The lowest BCUT2D eigenvalue weighted by Gasteiger charge is -2.26. The van der Waals surface area contributed by atoms with E-state index in [-0.39, 0.29) is 23.2 Å². The Morgan fingerprint density at radius 3 is 2.56 bits per heavy atom. The summed E-state index contributed by atoms with van der Waals surface area (Å²) < 4.78 is 0. The van der Waals surface area contributed by atoms with E-state index in [1.165, 1.54) is 18.3 Å². The topological polar surface area (TPSA) is 79.3 Å². The van der Waals surface area contributed by atoms with Gasteiger partial charge < -0.3 is 10.4 Å². The summed E-state index contributed by atoms with van der Waals surface area (Å²) in [5, 5.41) is 11.5. The van der Waals surface area contributed by atoms with Crippen molar-refractivity contribution in [2.45, 2.75) is 25.3 Å². The molecule has 0 aromatic carbocycles. The molecule has 0 spiro atoms. The van der Waals surface area contributed by atoms with Gasteiger partial charge in [0, 0.05) is 12.2 Å². The number of nitrogens with one attached hydrogen (secondary N) is 1. The van der Waals surface area contributed by atoms with Crippen LogP contribution in [0.1, 0.15) is 40.1 Å². The molecule has 0 aliphatic heterocycles. The number of pyridine rings is 1. The summed E-state index contributed by atoms with van der Waals surface area (Å²) in [5.74, 6) is -1.28. The Balaban J connectivity index is 2.02. The zero-order valence-corrected chi connectivity index (χ0v) is 8.64. The minimum atomic E-state index is -1.04. The van der Waals surface area contributed by atoms with Gasteiger partial charge in [0.25, 0.3) is 5.91 Å². The van der Waals surface area contributed by atoms with E-state index in [4.69, 9.17) is 5.11 Å². The van der Waals surface area contributed by atoms with E-state index in [9.17, 15) is 9.59 Å². The predicted molar refractivity (Wildman–Crippen MR) is 56.3 cm³/mol. The maximum atomic E-state index is 11.6. The van der Waals surface area contributed by atoms with Gasteiger partial charge >= 0.3 is 5.97 Å². The van der Waals surface area contributed by atoms with Crippen molar-refractivity contribution in [2.24, 2.45) is 0 Å². The van der Waals surface area contributed by atoms with E-state index in [0.29, 0.717) is 0 Å². The second kappa shape index (κ2) is 4.30. The molecule has 1 aliphatic carbocycles. The normalized spacial score (nSPS) is 15.2. The van der Waals surface area contributed by atoms with Crippen LogP contribution < -0.4 is 5.32 Å². The number of aromatic nitrogens is 1. The highest BCUT2D eigenvalue weighted by molar-refractivity contribution is 5.93. The van der Waals surface area contributed by atoms with Crippen LogP contribution in [0.15, 0.2) is 18.3 Å². The summed E-state index contributed by atoms with van der Waals surface area (Å²) in [6, 6.07) is 3.07. The van der Waals surface area contributed by atoms with Gasteiger partial charge in [0.15, 0.2) is 0 Å². The molecular weight excluding hydrogens is 208 g/mol. The Morgan fingerprint density at radius 1 is 1.38 bits per heavy atom. The van der Waals surface area contributed by atoms with Crippen molar-refractivity contribution in [1.82, 2.24) is 10.3 Å². The fraction of sp³-hybridized carbons (Fsp3) is 0.364. The molecule has 0 saturated heterocycles. The second-order valence-corrected chi connectivity index (χ2v) is 3.84. The third-order valence-electron chi connectivity index (χ3n) is 2.68. The molecule has 2 N–H and O–H groups in total. The molecule has 1 heterocycles. The van der Waals surface area contributed by atoms with E-state index >= 15 is 0 Å². The van der Waals surface area contributed by atoms with Crippen LogP contribution in [0.4, 0.5) is 0 Å². The first kappa shape index (κ1) is 10.6. The van der Waals surface area contributed by atoms with Gasteiger partial charge in [0.2, 0.25) is 0 Å². The summed E-state index contributed by atoms with van der Waals surface area (Å²) in [5.41, 5.74) is 0.345. The van der Waals surface area contributed by atoms with Crippen molar-refractivity contribution in [3.63, 3.8) is 0 Å². The molecule has 5 heteroatoms. The zero-order chi connectivity index (χ0) is 11.5. The summed E-state index contributed by atoms with van der Waals surface area (Å²) in [7, 11) is 0. The molecular formula is C11H12N2O3. The number of nitrogens with zero attached hydrogens (tertiary/aromatic N) is 1. The van der Waals surface area contributed by atoms with Crippen molar-refractivity contribution < 1.29 is 14.7 Å². The molecule has 5 nitrogen and oxygen atoms in total. The van der Waals surface area contributed by atoms with Crippen LogP contribution >= 0.6 is 0 Å². The van der Waals surface area contributed by atoms with Crippen LogP contribution in [-0.4, -0.2) is 28.0 Å². The van der Waals surface area contributed by atoms with Crippen molar-refractivity contribution in [2.75, 3.05) is 0 Å². The molecule has 0 bridgehead atoms. The van der Waals surface area contributed by atoms with Crippen LogP contribution in [0, 0.1) is 0 Å². The minimum Gasteiger partial charge on any atom is -0.478 e. The molecule has 0 unspecified atom stereocenters. The largest absolute Gasteiger partial charge is 0.478 e. The molecule has 16 heavy (non-hydrogen) atoms. The van der Waals surface area contributed by atoms with Crippen LogP contribution in [0.3, 0.4) is 0 Å². The van der Waals surface area contributed by atoms with Gasteiger partial charge in [-0.05, 0) is 31.4 Å². The van der Waals surface area contributed by atoms with Gasteiger partial charge in [-0.3, -0.25) is 9.78 Å². The molecule has 2 rings (SSSR count). The summed E-state index contributed by atoms with van der Waals surface area (Å²) >= 11 is 0. The van der Waals surface area contributed by atoms with Crippen LogP contribution in [-0.2, 0) is 0 Å². The monoisotopic (exact) mass is 220 g/mol. The lowest BCUT2D eigenvalue weighted by Crippen LogP contribution is -2.39. The molecule has 1 fully saturated rings. The Bertz CT molecular complexity index is 410. The third-order valence-corrected chi connectivity index (χ3v) is 2.68. The number of carbonyl (C=O) groups is 2. The van der Waals surface area contributed by atoms with Crippen molar-refractivity contribution in [1.29, 1.82) is 0 Å². The SMILES string of the molecule is O=C(O)c1ccc(C(=O)NC2CCC2)nc1. The Hall–Kier alpha value is -1.91. The molecule has 0 radical (unpaired) electrons. The van der Waals surface area contributed by atoms with Gasteiger partial charge in [0.1, 0.15) is 5.69 Å². The number of amides is 1. The Morgan fingerprint density at radius 2 is 2.12 bits per heavy atom.